The minimum absolute atomic E-state index is 0.0661. The summed E-state index contributed by atoms with van der Waals surface area (Å²) in [5, 5.41) is 2.47. The quantitative estimate of drug-likeness (QED) is 0.147. The Kier molecular flexibility index (Phi) is 9.72. The molecule has 0 amide bonds. The van der Waals surface area contributed by atoms with E-state index in [1.807, 2.05) is 0 Å². The van der Waals surface area contributed by atoms with Crippen LogP contribution in [0.2, 0.25) is 0 Å². The summed E-state index contributed by atoms with van der Waals surface area (Å²) < 4.78 is 2.40. The Morgan fingerprint density at radius 3 is 1.37 bits per heavy atom. The molecule has 14 rings (SSSR count). The number of rotatable bonds is 8. The van der Waals surface area contributed by atoms with E-state index >= 15 is 0 Å². The van der Waals surface area contributed by atoms with Gasteiger partial charge in [0.1, 0.15) is 0 Å². The molecule has 2 aliphatic carbocycles. The minimum atomic E-state index is -0.463. The molecule has 11 aromatic carbocycles. The van der Waals surface area contributed by atoms with Crippen LogP contribution in [0.15, 0.2) is 261 Å². The number of para-hydroxylation sites is 1. The molecule has 0 saturated carbocycles. The molecule has 0 unspecified atom stereocenters. The van der Waals surface area contributed by atoms with Gasteiger partial charge < -0.3 is 9.47 Å². The second-order valence-corrected chi connectivity index (χ2v) is 20.5. The van der Waals surface area contributed by atoms with Crippen molar-refractivity contribution in [2.24, 2.45) is 0 Å². The Hall–Kier alpha value is -8.98. The molecule has 0 bridgehead atoms. The predicted molar refractivity (Wildman–Crippen MR) is 306 cm³/mol. The third-order valence-electron chi connectivity index (χ3n) is 16.1. The molecular formula is C71H52N2. The first kappa shape index (κ1) is 42.9. The lowest BCUT2D eigenvalue weighted by atomic mass is 9.67. The van der Waals surface area contributed by atoms with Crippen molar-refractivity contribution in [2.75, 3.05) is 4.90 Å². The molecule has 0 fully saturated rings. The van der Waals surface area contributed by atoms with E-state index in [9.17, 15) is 0 Å². The summed E-state index contributed by atoms with van der Waals surface area (Å²) in [6.45, 7) is 6.90. The zero-order chi connectivity index (χ0) is 48.8. The first-order chi connectivity index (χ1) is 35.9. The van der Waals surface area contributed by atoms with Crippen LogP contribution in [-0.2, 0) is 10.8 Å². The molecule has 0 spiro atoms. The van der Waals surface area contributed by atoms with E-state index in [1.165, 1.54) is 105 Å². The van der Waals surface area contributed by atoms with Crippen molar-refractivity contribution in [3.8, 4) is 50.2 Å². The largest absolute Gasteiger partial charge is 0.310 e. The van der Waals surface area contributed by atoms with Gasteiger partial charge in [-0.3, -0.25) is 0 Å². The lowest BCUT2D eigenvalue weighted by Crippen LogP contribution is -2.28. The average Bonchev–Trinajstić information content (AvgIpc) is 4.02. The zero-order valence-corrected chi connectivity index (χ0v) is 41.2. The number of fused-ring (bicyclic) bond motifs is 9. The Balaban J connectivity index is 0.899. The Bertz CT molecular complexity index is 4050. The van der Waals surface area contributed by atoms with Crippen LogP contribution in [0.25, 0.3) is 72.0 Å². The summed E-state index contributed by atoms with van der Waals surface area (Å²) in [6.07, 6.45) is 0. The lowest BCUT2D eigenvalue weighted by molar-refractivity contribution is 0.660. The van der Waals surface area contributed by atoms with E-state index in [0.717, 1.165) is 22.7 Å². The smallest absolute Gasteiger partial charge is 0.0713 e. The third-order valence-corrected chi connectivity index (χ3v) is 16.1. The molecule has 0 atom stereocenters. The van der Waals surface area contributed by atoms with Gasteiger partial charge in [-0.15, -0.1) is 0 Å². The standard InChI is InChI=1S/C71H52N2/c1-47-27-41-68-62(43-47)63-46-57(38-42-69(63)73(68)54-21-11-6-12-22-54)72(55-34-28-48(29-35-55)50-32-39-60-58-23-13-15-25-64(58)70(2,3)66(60)44-50)56-36-30-49(31-37-56)51-33-40-61-59-24-14-16-26-65(59)71(67(61)45-51,52-17-7-4-8-18-52)53-19-9-5-10-20-53/h4-46H,1-3H3. The van der Waals surface area contributed by atoms with E-state index in [1.54, 1.807) is 0 Å². The molecule has 2 heteroatoms. The van der Waals surface area contributed by atoms with Crippen LogP contribution in [0.4, 0.5) is 17.1 Å². The number of hydrogen-bond donors (Lipinski definition) is 0. The maximum atomic E-state index is 2.46. The first-order valence-corrected chi connectivity index (χ1v) is 25.6. The zero-order valence-electron chi connectivity index (χ0n) is 41.2. The highest BCUT2D eigenvalue weighted by molar-refractivity contribution is 6.11. The summed E-state index contributed by atoms with van der Waals surface area (Å²) in [5.41, 5.74) is 25.5. The first-order valence-electron chi connectivity index (χ1n) is 25.6. The number of aromatic nitrogens is 1. The van der Waals surface area contributed by atoms with Gasteiger partial charge in [-0.25, -0.2) is 0 Å². The molecule has 0 saturated heterocycles. The number of nitrogens with zero attached hydrogens (tertiary/aromatic N) is 2. The van der Waals surface area contributed by atoms with Crippen LogP contribution in [0.5, 0.6) is 0 Å². The van der Waals surface area contributed by atoms with Crippen molar-refractivity contribution in [3.05, 3.63) is 300 Å². The fourth-order valence-electron chi connectivity index (χ4n) is 12.7. The minimum Gasteiger partial charge on any atom is -0.310 e. The van der Waals surface area contributed by atoms with Gasteiger partial charge in [-0.1, -0.05) is 201 Å². The van der Waals surface area contributed by atoms with Crippen molar-refractivity contribution >= 4 is 38.9 Å². The van der Waals surface area contributed by atoms with E-state index in [2.05, 4.69) is 291 Å². The van der Waals surface area contributed by atoms with Gasteiger partial charge in [0.15, 0.2) is 0 Å². The summed E-state index contributed by atoms with van der Waals surface area (Å²) in [7, 11) is 0. The van der Waals surface area contributed by atoms with Crippen LogP contribution in [0, 0.1) is 6.92 Å². The predicted octanol–water partition coefficient (Wildman–Crippen LogP) is 18.6. The van der Waals surface area contributed by atoms with Gasteiger partial charge in [-0.2, -0.15) is 0 Å². The molecule has 1 heterocycles. The topological polar surface area (TPSA) is 8.17 Å². The van der Waals surface area contributed by atoms with Gasteiger partial charge >= 0.3 is 0 Å². The van der Waals surface area contributed by atoms with Crippen molar-refractivity contribution in [1.29, 1.82) is 0 Å². The van der Waals surface area contributed by atoms with Crippen LogP contribution in [-0.4, -0.2) is 4.57 Å². The van der Waals surface area contributed by atoms with E-state index < -0.39 is 5.41 Å². The fraction of sp³-hybridized carbons (Fsp3) is 0.0704. The van der Waals surface area contributed by atoms with E-state index in [4.69, 9.17) is 0 Å². The van der Waals surface area contributed by atoms with E-state index in [-0.39, 0.29) is 5.41 Å². The highest BCUT2D eigenvalue weighted by Gasteiger charge is 2.46. The molecule has 2 nitrogen and oxygen atoms in total. The molecule has 0 aliphatic heterocycles. The molecule has 2 aliphatic rings. The summed E-state index contributed by atoms with van der Waals surface area (Å²) in [6, 6.07) is 97.1. The van der Waals surface area contributed by atoms with Crippen molar-refractivity contribution in [2.45, 2.75) is 31.6 Å². The maximum absolute atomic E-state index is 2.46. The van der Waals surface area contributed by atoms with Gasteiger partial charge in [-0.05, 0) is 164 Å². The van der Waals surface area contributed by atoms with Crippen LogP contribution in [0.1, 0.15) is 52.8 Å². The Labute approximate surface area is 427 Å². The normalized spacial score (nSPS) is 13.6. The molecular weight excluding hydrogens is 881 g/mol. The van der Waals surface area contributed by atoms with Gasteiger partial charge in [0.25, 0.3) is 0 Å². The summed E-state index contributed by atoms with van der Waals surface area (Å²) in [5.74, 6) is 0. The van der Waals surface area contributed by atoms with E-state index in [0.29, 0.717) is 0 Å². The number of hydrogen-bond acceptors (Lipinski definition) is 1. The molecule has 73 heavy (non-hydrogen) atoms. The molecule has 0 radical (unpaired) electrons. The SMILES string of the molecule is Cc1ccc2c(c1)c1cc(N(c3ccc(-c4ccc5c(c4)C(C)(C)c4ccccc4-5)cc3)c3ccc(-c4ccc5c(c4)C(c4ccccc4)(c4ccccc4)c4ccccc4-5)cc3)ccc1n2-c1ccccc1. The van der Waals surface area contributed by atoms with Crippen molar-refractivity contribution < 1.29 is 0 Å². The molecule has 0 N–H and O–H groups in total. The highest BCUT2D eigenvalue weighted by atomic mass is 15.1. The highest BCUT2D eigenvalue weighted by Crippen LogP contribution is 2.57. The number of anilines is 3. The Morgan fingerprint density at radius 1 is 0.329 bits per heavy atom. The van der Waals surface area contributed by atoms with Gasteiger partial charge in [0, 0.05) is 38.9 Å². The fourth-order valence-corrected chi connectivity index (χ4v) is 12.7. The maximum Gasteiger partial charge on any atom is 0.0713 e. The summed E-state index contributed by atoms with van der Waals surface area (Å²) >= 11 is 0. The molecule has 12 aromatic rings. The second kappa shape index (κ2) is 16.6. The second-order valence-electron chi connectivity index (χ2n) is 20.5. The summed E-state index contributed by atoms with van der Waals surface area (Å²) in [4.78, 5) is 2.42. The van der Waals surface area contributed by atoms with Crippen LogP contribution < -0.4 is 4.90 Å². The average molecular weight is 933 g/mol. The van der Waals surface area contributed by atoms with Crippen molar-refractivity contribution in [1.82, 2.24) is 4.57 Å². The van der Waals surface area contributed by atoms with Crippen LogP contribution >= 0.6 is 0 Å². The van der Waals surface area contributed by atoms with Gasteiger partial charge in [0.05, 0.1) is 16.4 Å². The van der Waals surface area contributed by atoms with Crippen LogP contribution in [0.3, 0.4) is 0 Å². The lowest BCUT2D eigenvalue weighted by Gasteiger charge is -2.34. The Morgan fingerprint density at radius 2 is 0.767 bits per heavy atom. The monoisotopic (exact) mass is 932 g/mol. The van der Waals surface area contributed by atoms with Gasteiger partial charge in [0.2, 0.25) is 0 Å². The molecule has 346 valence electrons. The molecule has 1 aromatic heterocycles. The number of aryl methyl sites for hydroxylation is 1. The van der Waals surface area contributed by atoms with Crippen molar-refractivity contribution in [3.63, 3.8) is 0 Å². The number of benzene rings is 11. The third kappa shape index (κ3) is 6.57.